The van der Waals surface area contributed by atoms with Gasteiger partial charge in [-0.3, -0.25) is 10.1 Å². The molecule has 0 spiro atoms. The third kappa shape index (κ3) is 6.18. The number of ether oxygens (including phenoxy) is 2. The Labute approximate surface area is 201 Å². The predicted octanol–water partition coefficient (Wildman–Crippen LogP) is 3.77. The maximum Gasteiger partial charge on any atom is 0.268 e. The van der Waals surface area contributed by atoms with E-state index in [0.29, 0.717) is 23.7 Å². The lowest BCUT2D eigenvalue weighted by molar-refractivity contribution is -0.112. The molecule has 0 bridgehead atoms. The number of carbonyl (C=O) groups excluding carboxylic acids is 1. The van der Waals surface area contributed by atoms with Crippen LogP contribution in [0.25, 0.3) is 6.08 Å². The molecule has 11 heteroatoms. The van der Waals surface area contributed by atoms with E-state index in [2.05, 4.69) is 15.5 Å². The molecule has 3 aromatic rings. The van der Waals surface area contributed by atoms with Crippen molar-refractivity contribution >= 4 is 38.3 Å². The van der Waals surface area contributed by atoms with Crippen LogP contribution in [0.1, 0.15) is 23.6 Å². The van der Waals surface area contributed by atoms with Crippen LogP contribution in [-0.2, 0) is 21.2 Å². The first-order valence-electron chi connectivity index (χ1n) is 10.1. The smallest absolute Gasteiger partial charge is 0.268 e. The van der Waals surface area contributed by atoms with Crippen LogP contribution in [0.5, 0.6) is 11.5 Å². The van der Waals surface area contributed by atoms with Crippen molar-refractivity contribution in [1.29, 1.82) is 5.26 Å². The lowest BCUT2D eigenvalue weighted by Gasteiger charge is -2.12. The van der Waals surface area contributed by atoms with E-state index in [-0.39, 0.29) is 20.8 Å². The number of nitrogens with one attached hydrogen (secondary N) is 1. The van der Waals surface area contributed by atoms with Crippen LogP contribution >= 0.6 is 11.3 Å². The summed E-state index contributed by atoms with van der Waals surface area (Å²) in [6.07, 6.45) is 1.38. The van der Waals surface area contributed by atoms with Gasteiger partial charge in [0, 0.05) is 0 Å². The molecule has 1 amide bonds. The molecule has 1 heterocycles. The van der Waals surface area contributed by atoms with E-state index < -0.39 is 15.7 Å². The Kier molecular flexibility index (Phi) is 7.99. The summed E-state index contributed by atoms with van der Waals surface area (Å²) in [5.74, 6) is 0.0856. The number of anilines is 1. The van der Waals surface area contributed by atoms with Gasteiger partial charge >= 0.3 is 0 Å². The molecular weight excluding hydrogens is 476 g/mol. The number of benzene rings is 2. The summed E-state index contributed by atoms with van der Waals surface area (Å²) >= 11 is 0.724. The first-order valence-corrected chi connectivity index (χ1v) is 12.6. The summed E-state index contributed by atoms with van der Waals surface area (Å²) in [5.41, 5.74) is 2.50. The van der Waals surface area contributed by atoms with Crippen LogP contribution in [0.2, 0.25) is 0 Å². The highest BCUT2D eigenvalue weighted by atomic mass is 32.2. The van der Waals surface area contributed by atoms with Gasteiger partial charge in [-0.2, -0.15) is 5.26 Å². The number of rotatable bonds is 9. The standard InChI is InChI=1S/C23H22N4O5S2/c1-4-34(29,30)23-27-26-22(33-23)25-21(28)18(13-24)11-17-9-10-19(20(12-17)31-3)32-14-16-7-5-15(2)6-8-16/h5-12H,4,14H2,1-3H3,(H,25,26,28)/b18-11-. The summed E-state index contributed by atoms with van der Waals surface area (Å²) in [7, 11) is -2.04. The molecule has 3 rings (SSSR count). The first kappa shape index (κ1) is 24.9. The maximum absolute atomic E-state index is 12.5. The molecule has 2 aromatic carbocycles. The Balaban J connectivity index is 1.74. The average molecular weight is 499 g/mol. The second-order valence-electron chi connectivity index (χ2n) is 7.09. The van der Waals surface area contributed by atoms with Crippen LogP contribution < -0.4 is 14.8 Å². The largest absolute Gasteiger partial charge is 0.493 e. The Morgan fingerprint density at radius 1 is 1.18 bits per heavy atom. The van der Waals surface area contributed by atoms with Gasteiger partial charge in [-0.15, -0.1) is 10.2 Å². The fraction of sp³-hybridized carbons (Fsp3) is 0.217. The lowest BCUT2D eigenvalue weighted by Crippen LogP contribution is -2.13. The molecule has 0 saturated carbocycles. The van der Waals surface area contributed by atoms with Gasteiger partial charge in [0.05, 0.1) is 12.9 Å². The van der Waals surface area contributed by atoms with E-state index in [4.69, 9.17) is 9.47 Å². The second kappa shape index (κ2) is 10.9. The summed E-state index contributed by atoms with van der Waals surface area (Å²) < 4.78 is 34.8. The lowest BCUT2D eigenvalue weighted by atomic mass is 10.1. The predicted molar refractivity (Wildman–Crippen MR) is 128 cm³/mol. The minimum atomic E-state index is -3.54. The van der Waals surface area contributed by atoms with Crippen molar-refractivity contribution < 1.29 is 22.7 Å². The number of methoxy groups -OCH3 is 1. The second-order valence-corrected chi connectivity index (χ2v) is 10.5. The number of hydrogen-bond donors (Lipinski definition) is 1. The molecule has 34 heavy (non-hydrogen) atoms. The van der Waals surface area contributed by atoms with E-state index in [1.807, 2.05) is 37.3 Å². The molecule has 176 valence electrons. The number of hydrogen-bond acceptors (Lipinski definition) is 9. The highest BCUT2D eigenvalue weighted by molar-refractivity contribution is 7.93. The van der Waals surface area contributed by atoms with E-state index >= 15 is 0 Å². The molecular formula is C23H22N4O5S2. The van der Waals surface area contributed by atoms with Crippen LogP contribution in [-0.4, -0.2) is 37.4 Å². The molecule has 9 nitrogen and oxygen atoms in total. The fourth-order valence-corrected chi connectivity index (χ4v) is 4.71. The molecule has 0 aliphatic rings. The normalized spacial score (nSPS) is 11.5. The molecule has 0 aliphatic carbocycles. The SMILES string of the molecule is CCS(=O)(=O)c1nnc(NC(=O)/C(C#N)=C\c2ccc(OCc3ccc(C)cc3)c(OC)c2)s1. The zero-order chi connectivity index (χ0) is 24.7. The van der Waals surface area contributed by atoms with Crippen molar-refractivity contribution in [2.24, 2.45) is 0 Å². The number of nitrogens with zero attached hydrogens (tertiary/aromatic N) is 3. The van der Waals surface area contributed by atoms with Gasteiger partial charge in [0.2, 0.25) is 19.3 Å². The molecule has 0 aliphatic heterocycles. The molecule has 0 fully saturated rings. The van der Waals surface area contributed by atoms with E-state index in [0.717, 1.165) is 22.5 Å². The van der Waals surface area contributed by atoms with Crippen molar-refractivity contribution in [3.05, 3.63) is 64.7 Å². The van der Waals surface area contributed by atoms with Crippen molar-refractivity contribution in [3.8, 4) is 17.6 Å². The molecule has 0 saturated heterocycles. The fourth-order valence-electron chi connectivity index (χ4n) is 2.73. The monoisotopic (exact) mass is 498 g/mol. The number of aromatic nitrogens is 2. The molecule has 0 atom stereocenters. The van der Waals surface area contributed by atoms with Crippen LogP contribution in [0.15, 0.2) is 52.4 Å². The van der Waals surface area contributed by atoms with E-state index in [9.17, 15) is 18.5 Å². The first-order chi connectivity index (χ1) is 16.2. The van der Waals surface area contributed by atoms with Gasteiger partial charge in [-0.05, 0) is 36.3 Å². The highest BCUT2D eigenvalue weighted by Crippen LogP contribution is 2.30. The summed E-state index contributed by atoms with van der Waals surface area (Å²) in [6.45, 7) is 3.85. The Morgan fingerprint density at radius 3 is 2.56 bits per heavy atom. The maximum atomic E-state index is 12.5. The number of aryl methyl sites for hydroxylation is 1. The minimum absolute atomic E-state index is 0.0180. The number of amides is 1. The van der Waals surface area contributed by atoms with E-state index in [1.165, 1.54) is 20.1 Å². The van der Waals surface area contributed by atoms with Crippen molar-refractivity contribution in [3.63, 3.8) is 0 Å². The number of nitriles is 1. The van der Waals surface area contributed by atoms with Gasteiger partial charge in [0.1, 0.15) is 18.2 Å². The summed E-state index contributed by atoms with van der Waals surface area (Å²) in [5, 5.41) is 19.1. The van der Waals surface area contributed by atoms with Gasteiger partial charge in [-0.25, -0.2) is 8.42 Å². The molecule has 1 aromatic heterocycles. The third-order valence-electron chi connectivity index (χ3n) is 4.65. The number of sulfone groups is 1. The third-order valence-corrected chi connectivity index (χ3v) is 7.67. The van der Waals surface area contributed by atoms with Crippen LogP contribution in [0.4, 0.5) is 5.13 Å². The van der Waals surface area contributed by atoms with Gasteiger partial charge in [-0.1, -0.05) is 54.2 Å². The Morgan fingerprint density at radius 2 is 1.91 bits per heavy atom. The summed E-state index contributed by atoms with van der Waals surface area (Å²) in [4.78, 5) is 12.5. The summed E-state index contributed by atoms with van der Waals surface area (Å²) in [6, 6.07) is 14.8. The van der Waals surface area contributed by atoms with Gasteiger partial charge in [0.25, 0.3) is 5.91 Å². The van der Waals surface area contributed by atoms with E-state index in [1.54, 1.807) is 18.2 Å². The Bertz CT molecular complexity index is 1360. The van der Waals surface area contributed by atoms with Crippen molar-refractivity contribution in [2.75, 3.05) is 18.2 Å². The van der Waals surface area contributed by atoms with Gasteiger partial charge in [0.15, 0.2) is 11.5 Å². The van der Waals surface area contributed by atoms with Gasteiger partial charge < -0.3 is 9.47 Å². The van der Waals surface area contributed by atoms with Crippen LogP contribution in [0, 0.1) is 18.3 Å². The Hall–Kier alpha value is -3.75. The zero-order valence-corrected chi connectivity index (χ0v) is 20.4. The van der Waals surface area contributed by atoms with Crippen molar-refractivity contribution in [2.45, 2.75) is 24.8 Å². The highest BCUT2D eigenvalue weighted by Gasteiger charge is 2.20. The zero-order valence-electron chi connectivity index (χ0n) is 18.7. The van der Waals surface area contributed by atoms with Crippen molar-refractivity contribution in [1.82, 2.24) is 10.2 Å². The molecule has 0 unspecified atom stereocenters. The molecule has 0 radical (unpaired) electrons. The number of carbonyl (C=O) groups is 1. The topological polar surface area (TPSA) is 131 Å². The molecule has 1 N–H and O–H groups in total. The minimum Gasteiger partial charge on any atom is -0.493 e. The average Bonchev–Trinajstić information content (AvgIpc) is 3.31. The quantitative estimate of drug-likeness (QED) is 0.268. The van der Waals surface area contributed by atoms with Crippen LogP contribution in [0.3, 0.4) is 0 Å².